The average molecular weight is 192 g/mol. The molecule has 0 aliphatic heterocycles. The van der Waals surface area contributed by atoms with Gasteiger partial charge in [0, 0.05) is 6.42 Å². The van der Waals surface area contributed by atoms with Gasteiger partial charge in [-0.05, 0) is 42.6 Å². The van der Waals surface area contributed by atoms with Crippen molar-refractivity contribution in [2.75, 3.05) is 0 Å². The van der Waals surface area contributed by atoms with Crippen molar-refractivity contribution in [3.05, 3.63) is 11.6 Å². The molecule has 2 aliphatic rings. The number of hydrogen-bond donors (Lipinski definition) is 0. The zero-order valence-electron chi connectivity index (χ0n) is 9.47. The van der Waals surface area contributed by atoms with E-state index in [0.717, 1.165) is 12.8 Å². The van der Waals surface area contributed by atoms with Crippen LogP contribution in [0.4, 0.5) is 0 Å². The van der Waals surface area contributed by atoms with Crippen molar-refractivity contribution in [1.82, 2.24) is 0 Å². The molecule has 0 aromatic heterocycles. The highest BCUT2D eigenvalue weighted by molar-refractivity contribution is 5.91. The third-order valence-corrected chi connectivity index (χ3v) is 4.15. The van der Waals surface area contributed by atoms with Gasteiger partial charge in [-0.25, -0.2) is 0 Å². The molecule has 1 nitrogen and oxygen atoms in total. The van der Waals surface area contributed by atoms with Gasteiger partial charge in [-0.1, -0.05) is 26.3 Å². The van der Waals surface area contributed by atoms with Gasteiger partial charge in [0.1, 0.15) is 0 Å². The lowest BCUT2D eigenvalue weighted by atomic mass is 9.72. The van der Waals surface area contributed by atoms with E-state index in [1.54, 1.807) is 0 Å². The van der Waals surface area contributed by atoms with Crippen LogP contribution in [0.25, 0.3) is 0 Å². The Morgan fingerprint density at radius 3 is 2.79 bits per heavy atom. The SMILES string of the molecule is CC(C)[C@H]1CC[C@@]2(C)CCC(=O)C=C12. The predicted octanol–water partition coefficient (Wildman–Crippen LogP) is 3.35. The van der Waals surface area contributed by atoms with Gasteiger partial charge in [0.2, 0.25) is 0 Å². The minimum Gasteiger partial charge on any atom is -0.295 e. The zero-order chi connectivity index (χ0) is 10.3. The van der Waals surface area contributed by atoms with Crippen LogP contribution in [-0.2, 0) is 4.79 Å². The van der Waals surface area contributed by atoms with Crippen LogP contribution in [-0.4, -0.2) is 5.78 Å². The molecular formula is C13H20O. The molecular weight excluding hydrogens is 172 g/mol. The van der Waals surface area contributed by atoms with Crippen molar-refractivity contribution in [2.45, 2.75) is 46.5 Å². The summed E-state index contributed by atoms with van der Waals surface area (Å²) in [6.07, 6.45) is 6.38. The van der Waals surface area contributed by atoms with Crippen LogP contribution in [0, 0.1) is 17.3 Å². The molecule has 0 aromatic rings. The largest absolute Gasteiger partial charge is 0.295 e. The Balaban J connectivity index is 2.33. The summed E-state index contributed by atoms with van der Waals surface area (Å²) in [7, 11) is 0. The monoisotopic (exact) mass is 192 g/mol. The Hall–Kier alpha value is -0.590. The standard InChI is InChI=1S/C13H20O/c1-9(2)11-5-7-13(3)6-4-10(14)8-12(11)13/h8-9,11H,4-7H2,1-3H3/t11-,13-/m1/s1. The van der Waals surface area contributed by atoms with E-state index in [4.69, 9.17) is 0 Å². The normalized spacial score (nSPS) is 37.3. The van der Waals surface area contributed by atoms with Crippen LogP contribution in [0.3, 0.4) is 0 Å². The second-order valence-corrected chi connectivity index (χ2v) is 5.52. The number of fused-ring (bicyclic) bond motifs is 1. The van der Waals surface area contributed by atoms with Gasteiger partial charge in [-0.2, -0.15) is 0 Å². The van der Waals surface area contributed by atoms with Gasteiger partial charge in [0.15, 0.2) is 5.78 Å². The highest BCUT2D eigenvalue weighted by Crippen LogP contribution is 2.53. The van der Waals surface area contributed by atoms with E-state index in [9.17, 15) is 4.79 Å². The van der Waals surface area contributed by atoms with Gasteiger partial charge in [-0.15, -0.1) is 0 Å². The maximum atomic E-state index is 11.4. The Morgan fingerprint density at radius 2 is 2.14 bits per heavy atom. The Kier molecular flexibility index (Phi) is 2.29. The maximum Gasteiger partial charge on any atom is 0.155 e. The highest BCUT2D eigenvalue weighted by atomic mass is 16.1. The average Bonchev–Trinajstić information content (AvgIpc) is 2.43. The number of carbonyl (C=O) groups is 1. The van der Waals surface area contributed by atoms with Gasteiger partial charge in [0.25, 0.3) is 0 Å². The Morgan fingerprint density at radius 1 is 1.43 bits per heavy atom. The number of hydrogen-bond acceptors (Lipinski definition) is 1. The molecule has 1 saturated carbocycles. The van der Waals surface area contributed by atoms with E-state index in [0.29, 0.717) is 23.0 Å². The smallest absolute Gasteiger partial charge is 0.155 e. The third-order valence-electron chi connectivity index (χ3n) is 4.15. The van der Waals surface area contributed by atoms with Crippen LogP contribution >= 0.6 is 0 Å². The summed E-state index contributed by atoms with van der Waals surface area (Å²) in [5, 5.41) is 0. The summed E-state index contributed by atoms with van der Waals surface area (Å²) in [5.74, 6) is 1.71. The molecule has 0 heterocycles. The van der Waals surface area contributed by atoms with Gasteiger partial charge < -0.3 is 0 Å². The lowest BCUT2D eigenvalue weighted by Crippen LogP contribution is -2.24. The van der Waals surface area contributed by atoms with Crippen molar-refractivity contribution in [3.8, 4) is 0 Å². The lowest BCUT2D eigenvalue weighted by Gasteiger charge is -2.32. The first-order chi connectivity index (χ1) is 6.53. The third kappa shape index (κ3) is 1.43. The molecule has 0 radical (unpaired) electrons. The summed E-state index contributed by atoms with van der Waals surface area (Å²) in [6, 6.07) is 0. The van der Waals surface area contributed by atoms with E-state index < -0.39 is 0 Å². The van der Waals surface area contributed by atoms with E-state index in [1.165, 1.54) is 18.4 Å². The van der Waals surface area contributed by atoms with Crippen LogP contribution in [0.15, 0.2) is 11.6 Å². The fraction of sp³-hybridized carbons (Fsp3) is 0.769. The molecule has 0 spiro atoms. The van der Waals surface area contributed by atoms with Gasteiger partial charge >= 0.3 is 0 Å². The first-order valence-corrected chi connectivity index (χ1v) is 5.78. The summed E-state index contributed by atoms with van der Waals surface area (Å²) in [4.78, 5) is 11.4. The van der Waals surface area contributed by atoms with Gasteiger partial charge in [-0.3, -0.25) is 4.79 Å². The molecule has 0 amide bonds. The van der Waals surface area contributed by atoms with E-state index in [2.05, 4.69) is 20.8 Å². The molecule has 0 bridgehead atoms. The quantitative estimate of drug-likeness (QED) is 0.622. The van der Waals surface area contributed by atoms with Crippen molar-refractivity contribution in [1.29, 1.82) is 0 Å². The summed E-state index contributed by atoms with van der Waals surface area (Å²) in [6.45, 7) is 6.89. The van der Waals surface area contributed by atoms with Crippen LogP contribution in [0.1, 0.15) is 46.5 Å². The van der Waals surface area contributed by atoms with Crippen LogP contribution in [0.2, 0.25) is 0 Å². The second-order valence-electron chi connectivity index (χ2n) is 5.52. The van der Waals surface area contributed by atoms with Crippen molar-refractivity contribution in [2.24, 2.45) is 17.3 Å². The lowest BCUT2D eigenvalue weighted by molar-refractivity contribution is -0.115. The molecule has 2 atom stereocenters. The molecule has 0 N–H and O–H groups in total. The molecule has 2 aliphatic carbocycles. The van der Waals surface area contributed by atoms with Crippen molar-refractivity contribution >= 4 is 5.78 Å². The Bertz CT molecular complexity index is 288. The minimum absolute atomic E-state index is 0.352. The number of allylic oxidation sites excluding steroid dienone is 2. The van der Waals surface area contributed by atoms with Crippen molar-refractivity contribution in [3.63, 3.8) is 0 Å². The first-order valence-electron chi connectivity index (χ1n) is 5.78. The molecule has 2 rings (SSSR count). The number of ketones is 1. The highest BCUT2D eigenvalue weighted by Gasteiger charge is 2.43. The zero-order valence-corrected chi connectivity index (χ0v) is 9.47. The second kappa shape index (κ2) is 3.22. The fourth-order valence-electron chi connectivity index (χ4n) is 3.11. The van der Waals surface area contributed by atoms with Crippen LogP contribution in [0.5, 0.6) is 0 Å². The van der Waals surface area contributed by atoms with Crippen LogP contribution < -0.4 is 0 Å². The number of rotatable bonds is 1. The summed E-state index contributed by atoms with van der Waals surface area (Å²) < 4.78 is 0. The van der Waals surface area contributed by atoms with Crippen molar-refractivity contribution < 1.29 is 4.79 Å². The molecule has 0 aromatic carbocycles. The topological polar surface area (TPSA) is 17.1 Å². The van der Waals surface area contributed by atoms with E-state index >= 15 is 0 Å². The van der Waals surface area contributed by atoms with Gasteiger partial charge in [0.05, 0.1) is 0 Å². The fourth-order valence-corrected chi connectivity index (χ4v) is 3.11. The molecule has 14 heavy (non-hydrogen) atoms. The summed E-state index contributed by atoms with van der Waals surface area (Å²) in [5.41, 5.74) is 1.83. The predicted molar refractivity (Wildman–Crippen MR) is 58.0 cm³/mol. The summed E-state index contributed by atoms with van der Waals surface area (Å²) >= 11 is 0. The molecule has 0 unspecified atom stereocenters. The maximum absolute atomic E-state index is 11.4. The molecule has 1 heteroatoms. The van der Waals surface area contributed by atoms with E-state index in [1.807, 2.05) is 6.08 Å². The number of carbonyl (C=O) groups excluding carboxylic acids is 1. The Labute approximate surface area is 86.6 Å². The minimum atomic E-state index is 0.352. The molecule has 0 saturated heterocycles. The molecule has 78 valence electrons. The first kappa shape index (κ1) is 9.95. The molecule has 1 fully saturated rings. The van der Waals surface area contributed by atoms with E-state index in [-0.39, 0.29) is 0 Å².